The fourth-order valence-corrected chi connectivity index (χ4v) is 5.73. The third-order valence-electron chi connectivity index (χ3n) is 8.37. The fraction of sp³-hybridized carbons (Fsp3) is 0.474. The van der Waals surface area contributed by atoms with Gasteiger partial charge in [-0.1, -0.05) is 48.5 Å². The Balaban J connectivity index is 1.57. The second-order valence-corrected chi connectivity index (χ2v) is 14.0. The van der Waals surface area contributed by atoms with Crippen LogP contribution in [0.1, 0.15) is 75.8 Å². The van der Waals surface area contributed by atoms with Gasteiger partial charge in [0.1, 0.15) is 29.0 Å². The van der Waals surface area contributed by atoms with E-state index >= 15 is 0 Å². The number of likely N-dealkylation sites (tertiary alicyclic amines) is 1. The van der Waals surface area contributed by atoms with E-state index in [2.05, 4.69) is 10.6 Å². The fourth-order valence-electron chi connectivity index (χ4n) is 5.73. The third-order valence-corrected chi connectivity index (χ3v) is 8.37. The van der Waals surface area contributed by atoms with Gasteiger partial charge in [0.15, 0.2) is 5.78 Å². The highest BCUT2D eigenvalue weighted by molar-refractivity contribution is 5.95. The maximum absolute atomic E-state index is 14.0. The summed E-state index contributed by atoms with van der Waals surface area (Å²) in [6.07, 6.45) is 4.85. The van der Waals surface area contributed by atoms with Crippen LogP contribution in [-0.4, -0.2) is 77.1 Å². The van der Waals surface area contributed by atoms with Crippen molar-refractivity contribution in [1.82, 2.24) is 20.1 Å². The third kappa shape index (κ3) is 10.2. The van der Waals surface area contributed by atoms with Gasteiger partial charge in [0.25, 0.3) is 0 Å². The summed E-state index contributed by atoms with van der Waals surface area (Å²) in [5, 5.41) is 5.41. The highest BCUT2D eigenvalue weighted by Gasteiger charge is 2.35. The van der Waals surface area contributed by atoms with E-state index in [0.717, 1.165) is 29.5 Å². The zero-order valence-electron chi connectivity index (χ0n) is 29.7. The number of ketones is 1. The summed E-state index contributed by atoms with van der Waals surface area (Å²) in [5.74, 6) is -0.282. The number of para-hydroxylation sites is 1. The van der Waals surface area contributed by atoms with Crippen LogP contribution in [0.25, 0.3) is 0 Å². The van der Waals surface area contributed by atoms with Crippen LogP contribution in [0.2, 0.25) is 0 Å². The van der Waals surface area contributed by atoms with Gasteiger partial charge in [0.2, 0.25) is 11.8 Å². The Morgan fingerprint density at radius 2 is 1.55 bits per heavy atom. The minimum absolute atomic E-state index is 0.0189. The number of ether oxygens (including phenoxy) is 3. The molecule has 1 aliphatic heterocycles. The van der Waals surface area contributed by atoms with Crippen LogP contribution in [0.15, 0.2) is 67.0 Å². The molecule has 2 N–H and O–H groups in total. The molecule has 2 heterocycles. The van der Waals surface area contributed by atoms with Crippen LogP contribution in [0.4, 0.5) is 4.79 Å². The van der Waals surface area contributed by atoms with Gasteiger partial charge in [0, 0.05) is 37.5 Å². The van der Waals surface area contributed by atoms with Crippen molar-refractivity contribution in [2.24, 2.45) is 0 Å². The molecule has 0 saturated carbocycles. The molecule has 11 nitrogen and oxygen atoms in total. The number of hydrogen-bond acceptors (Lipinski definition) is 7. The molecule has 264 valence electrons. The van der Waals surface area contributed by atoms with Gasteiger partial charge in [-0.3, -0.25) is 14.4 Å². The number of amides is 3. The summed E-state index contributed by atoms with van der Waals surface area (Å²) in [6.45, 7) is 11.7. The molecule has 11 heteroatoms. The van der Waals surface area contributed by atoms with Crippen molar-refractivity contribution in [3.63, 3.8) is 0 Å². The zero-order valence-corrected chi connectivity index (χ0v) is 29.7. The molecule has 3 aromatic rings. The van der Waals surface area contributed by atoms with Crippen molar-refractivity contribution in [2.75, 3.05) is 26.8 Å². The largest absolute Gasteiger partial charge is 0.496 e. The number of benzene rings is 2. The number of alkyl carbamates (subject to hydrolysis) is 1. The molecule has 0 spiro atoms. The first-order valence-electron chi connectivity index (χ1n) is 16.7. The highest BCUT2D eigenvalue weighted by Crippen LogP contribution is 2.32. The van der Waals surface area contributed by atoms with E-state index < -0.39 is 35.2 Å². The number of carbonyl (C=O) groups excluding carboxylic acids is 4. The van der Waals surface area contributed by atoms with E-state index in [9.17, 15) is 19.2 Å². The number of nitrogens with one attached hydrogen (secondary N) is 2. The zero-order chi connectivity index (χ0) is 35.8. The smallest absolute Gasteiger partial charge is 0.408 e. The highest BCUT2D eigenvalue weighted by atomic mass is 16.6. The SMILES string of the molecule is COc1ccccc1C(C(=O)N1CCCC1)n1cc(C)c(CC(=O)C(COCc2ccccc2)NC(=O)C(C)(C)NC(=O)OC(C)(C)C)c1. The molecule has 1 aliphatic rings. The molecule has 2 aromatic carbocycles. The van der Waals surface area contributed by atoms with E-state index in [0.29, 0.717) is 24.4 Å². The number of Topliss-reactive ketones (excluding diaryl/α,β-unsaturated/α-hetero) is 1. The first-order valence-corrected chi connectivity index (χ1v) is 16.7. The maximum atomic E-state index is 14.0. The number of hydrogen-bond donors (Lipinski definition) is 2. The van der Waals surface area contributed by atoms with Crippen molar-refractivity contribution < 1.29 is 33.4 Å². The second kappa shape index (κ2) is 16.2. The average molecular weight is 675 g/mol. The van der Waals surface area contributed by atoms with E-state index in [1.165, 1.54) is 13.8 Å². The summed E-state index contributed by atoms with van der Waals surface area (Å²) in [7, 11) is 1.58. The van der Waals surface area contributed by atoms with Crippen LogP contribution in [0, 0.1) is 6.92 Å². The Bertz CT molecular complexity index is 1600. The van der Waals surface area contributed by atoms with Gasteiger partial charge in [-0.2, -0.15) is 0 Å². The number of aryl methyl sites for hydroxylation is 1. The van der Waals surface area contributed by atoms with E-state index in [-0.39, 0.29) is 31.3 Å². The minimum atomic E-state index is -1.39. The van der Waals surface area contributed by atoms with E-state index in [4.69, 9.17) is 14.2 Å². The van der Waals surface area contributed by atoms with Crippen molar-refractivity contribution in [3.8, 4) is 5.75 Å². The predicted molar refractivity (Wildman–Crippen MR) is 186 cm³/mol. The summed E-state index contributed by atoms with van der Waals surface area (Å²) in [5.41, 5.74) is 1.05. The van der Waals surface area contributed by atoms with Crippen molar-refractivity contribution >= 4 is 23.7 Å². The normalized spacial score (nSPS) is 14.6. The summed E-state index contributed by atoms with van der Waals surface area (Å²) < 4.78 is 18.8. The lowest BCUT2D eigenvalue weighted by molar-refractivity contribution is -0.132. The maximum Gasteiger partial charge on any atom is 0.408 e. The number of aromatic nitrogens is 1. The van der Waals surface area contributed by atoms with Crippen molar-refractivity contribution in [3.05, 3.63) is 89.2 Å². The van der Waals surface area contributed by atoms with E-state index in [1.807, 2.05) is 83.4 Å². The molecule has 0 aliphatic carbocycles. The molecule has 3 amide bonds. The molecule has 0 radical (unpaired) electrons. The van der Waals surface area contributed by atoms with Crippen LogP contribution in [0.3, 0.4) is 0 Å². The first-order chi connectivity index (χ1) is 23.2. The molecular formula is C38H50N4O7. The molecule has 2 unspecified atom stereocenters. The molecule has 0 bridgehead atoms. The number of carbonyl (C=O) groups is 4. The Hall–Kier alpha value is -4.64. The number of rotatable bonds is 14. The monoisotopic (exact) mass is 674 g/mol. The number of nitrogens with zero attached hydrogens (tertiary/aromatic N) is 2. The van der Waals surface area contributed by atoms with Crippen LogP contribution >= 0.6 is 0 Å². The lowest BCUT2D eigenvalue weighted by Gasteiger charge is -2.29. The van der Waals surface area contributed by atoms with Gasteiger partial charge < -0.3 is 34.3 Å². The lowest BCUT2D eigenvalue weighted by atomic mass is 10.0. The molecule has 2 atom stereocenters. The standard InChI is InChI=1S/C38H50N4O7/c1-26-22-42(33(34(44)41-19-13-14-20-41)29-17-11-12-18-32(29)47-7)23-28(26)21-31(43)30(25-48-24-27-15-9-8-10-16-27)39-35(45)38(5,6)40-36(46)49-37(2,3)4/h8-12,15-18,22-23,30,33H,13-14,19-21,24-25H2,1-7H3,(H,39,45)(H,40,46). The quantitative estimate of drug-likeness (QED) is 0.243. The van der Waals surface area contributed by atoms with Crippen molar-refractivity contribution in [2.45, 2.75) is 90.6 Å². The first kappa shape index (κ1) is 37.2. The topological polar surface area (TPSA) is 128 Å². The molecular weight excluding hydrogens is 624 g/mol. The van der Waals surface area contributed by atoms with Crippen LogP contribution in [-0.2, 0) is 36.9 Å². The van der Waals surface area contributed by atoms with Crippen LogP contribution < -0.4 is 15.4 Å². The second-order valence-electron chi connectivity index (χ2n) is 14.0. The Kier molecular flexibility index (Phi) is 12.3. The molecule has 1 saturated heterocycles. The minimum Gasteiger partial charge on any atom is -0.496 e. The summed E-state index contributed by atoms with van der Waals surface area (Å²) in [6, 6.07) is 15.3. The van der Waals surface area contributed by atoms with E-state index in [1.54, 1.807) is 27.9 Å². The van der Waals surface area contributed by atoms with Crippen LogP contribution in [0.5, 0.6) is 5.75 Å². The Labute approximate surface area is 289 Å². The Morgan fingerprint density at radius 3 is 2.20 bits per heavy atom. The molecule has 49 heavy (non-hydrogen) atoms. The summed E-state index contributed by atoms with van der Waals surface area (Å²) in [4.78, 5) is 55.8. The molecule has 4 rings (SSSR count). The molecule has 1 aromatic heterocycles. The predicted octanol–water partition coefficient (Wildman–Crippen LogP) is 5.13. The van der Waals surface area contributed by atoms with Gasteiger partial charge >= 0.3 is 6.09 Å². The number of methoxy groups -OCH3 is 1. The van der Waals surface area contributed by atoms with Gasteiger partial charge in [-0.15, -0.1) is 0 Å². The van der Waals surface area contributed by atoms with Gasteiger partial charge in [-0.25, -0.2) is 4.79 Å². The van der Waals surface area contributed by atoms with Crippen molar-refractivity contribution in [1.29, 1.82) is 0 Å². The van der Waals surface area contributed by atoms with Gasteiger partial charge in [0.05, 0.1) is 20.3 Å². The average Bonchev–Trinajstić information content (AvgIpc) is 3.70. The molecule has 1 fully saturated rings. The summed E-state index contributed by atoms with van der Waals surface area (Å²) >= 11 is 0. The lowest BCUT2D eigenvalue weighted by Crippen LogP contribution is -2.59. The Morgan fingerprint density at radius 1 is 0.898 bits per heavy atom. The van der Waals surface area contributed by atoms with Gasteiger partial charge in [-0.05, 0) is 77.1 Å².